The standard InChI is InChI=1S/C18H10Cl2FN3/c19-14-6-3-5-10(17(14)20)12-8-16(24-18(23)13(12)9-22)11-4-1-2-7-15(11)21/h1-8H,(H2,23,24). The molecule has 0 saturated carbocycles. The summed E-state index contributed by atoms with van der Waals surface area (Å²) in [6.07, 6.45) is 0. The quantitative estimate of drug-likeness (QED) is 0.675. The summed E-state index contributed by atoms with van der Waals surface area (Å²) in [5, 5.41) is 10.1. The third-order valence-corrected chi connectivity index (χ3v) is 4.37. The maximum atomic E-state index is 14.1. The molecule has 0 spiro atoms. The minimum atomic E-state index is -0.433. The maximum Gasteiger partial charge on any atom is 0.142 e. The SMILES string of the molecule is N#Cc1c(-c2cccc(Cl)c2Cl)cc(-c2ccccc2F)nc1N. The first-order chi connectivity index (χ1) is 11.5. The normalized spacial score (nSPS) is 10.4. The Hall–Kier alpha value is -2.61. The summed E-state index contributed by atoms with van der Waals surface area (Å²) in [6.45, 7) is 0. The molecule has 0 fully saturated rings. The Bertz CT molecular complexity index is 980. The van der Waals surface area contributed by atoms with Crippen LogP contribution in [0, 0.1) is 17.1 Å². The molecule has 1 aromatic heterocycles. The third kappa shape index (κ3) is 2.80. The monoisotopic (exact) mass is 357 g/mol. The minimum absolute atomic E-state index is 0.00398. The number of nitrogens with two attached hydrogens (primary N) is 1. The lowest BCUT2D eigenvalue weighted by atomic mass is 9.98. The van der Waals surface area contributed by atoms with E-state index in [9.17, 15) is 9.65 Å². The molecule has 0 bridgehead atoms. The van der Waals surface area contributed by atoms with Crippen LogP contribution in [0.4, 0.5) is 10.2 Å². The van der Waals surface area contributed by atoms with Crippen LogP contribution in [0.2, 0.25) is 10.0 Å². The van der Waals surface area contributed by atoms with E-state index in [4.69, 9.17) is 28.9 Å². The Kier molecular flexibility index (Phi) is 4.39. The van der Waals surface area contributed by atoms with Crippen LogP contribution in [-0.2, 0) is 0 Å². The van der Waals surface area contributed by atoms with E-state index in [-0.39, 0.29) is 16.9 Å². The molecule has 24 heavy (non-hydrogen) atoms. The van der Waals surface area contributed by atoms with Gasteiger partial charge in [0.25, 0.3) is 0 Å². The van der Waals surface area contributed by atoms with Crippen LogP contribution in [0.25, 0.3) is 22.4 Å². The Morgan fingerprint density at radius 1 is 1.00 bits per heavy atom. The molecule has 3 aromatic rings. The number of benzene rings is 2. The van der Waals surface area contributed by atoms with E-state index in [1.807, 2.05) is 6.07 Å². The highest BCUT2D eigenvalue weighted by molar-refractivity contribution is 6.43. The molecule has 6 heteroatoms. The average Bonchev–Trinajstić information content (AvgIpc) is 2.57. The van der Waals surface area contributed by atoms with Gasteiger partial charge in [-0.05, 0) is 24.3 Å². The number of nitrogens with zero attached hydrogens (tertiary/aromatic N) is 2. The molecule has 0 saturated heterocycles. The van der Waals surface area contributed by atoms with Crippen molar-refractivity contribution >= 4 is 29.0 Å². The lowest BCUT2D eigenvalue weighted by molar-refractivity contribution is 0.631. The van der Waals surface area contributed by atoms with Crippen molar-refractivity contribution in [3.63, 3.8) is 0 Å². The average molecular weight is 358 g/mol. The first kappa shape index (κ1) is 16.3. The fraction of sp³-hybridized carbons (Fsp3) is 0. The van der Waals surface area contributed by atoms with Crippen molar-refractivity contribution in [3.8, 4) is 28.5 Å². The summed E-state index contributed by atoms with van der Waals surface area (Å²) in [5.74, 6) is -0.429. The van der Waals surface area contributed by atoms with Crippen molar-refractivity contribution in [1.82, 2.24) is 4.98 Å². The van der Waals surface area contributed by atoms with E-state index in [1.165, 1.54) is 6.07 Å². The molecule has 2 N–H and O–H groups in total. The molecule has 0 aliphatic rings. The molecule has 0 aliphatic heterocycles. The van der Waals surface area contributed by atoms with Crippen molar-refractivity contribution in [2.75, 3.05) is 5.73 Å². The van der Waals surface area contributed by atoms with Gasteiger partial charge in [-0.1, -0.05) is 47.5 Å². The van der Waals surface area contributed by atoms with Gasteiger partial charge in [-0.15, -0.1) is 0 Å². The number of aromatic nitrogens is 1. The highest BCUT2D eigenvalue weighted by atomic mass is 35.5. The lowest BCUT2D eigenvalue weighted by Gasteiger charge is -2.12. The predicted molar refractivity (Wildman–Crippen MR) is 94.2 cm³/mol. The van der Waals surface area contributed by atoms with Gasteiger partial charge in [0.2, 0.25) is 0 Å². The molecule has 0 unspecified atom stereocenters. The van der Waals surface area contributed by atoms with E-state index in [0.29, 0.717) is 26.9 Å². The van der Waals surface area contributed by atoms with Crippen molar-refractivity contribution in [2.45, 2.75) is 0 Å². The number of rotatable bonds is 2. The molecular formula is C18H10Cl2FN3. The van der Waals surface area contributed by atoms with Crippen LogP contribution in [0.1, 0.15) is 5.56 Å². The molecule has 3 nitrogen and oxygen atoms in total. The van der Waals surface area contributed by atoms with Crippen LogP contribution in [0.3, 0.4) is 0 Å². The van der Waals surface area contributed by atoms with E-state index in [0.717, 1.165) is 0 Å². The Balaban J connectivity index is 2.32. The molecule has 2 aromatic carbocycles. The smallest absolute Gasteiger partial charge is 0.142 e. The van der Waals surface area contributed by atoms with Crippen LogP contribution in [0.5, 0.6) is 0 Å². The van der Waals surface area contributed by atoms with E-state index >= 15 is 0 Å². The lowest BCUT2D eigenvalue weighted by Crippen LogP contribution is -2.00. The first-order valence-electron chi connectivity index (χ1n) is 6.93. The third-order valence-electron chi connectivity index (χ3n) is 3.55. The highest BCUT2D eigenvalue weighted by Gasteiger charge is 2.17. The summed E-state index contributed by atoms with van der Waals surface area (Å²) < 4.78 is 14.1. The van der Waals surface area contributed by atoms with Gasteiger partial charge in [0.05, 0.1) is 15.7 Å². The van der Waals surface area contributed by atoms with Crippen LogP contribution < -0.4 is 5.73 Å². The number of hydrogen-bond acceptors (Lipinski definition) is 3. The number of pyridine rings is 1. The number of nitriles is 1. The summed E-state index contributed by atoms with van der Waals surface area (Å²) in [7, 11) is 0. The van der Waals surface area contributed by atoms with Gasteiger partial charge in [-0.3, -0.25) is 0 Å². The Morgan fingerprint density at radius 3 is 2.42 bits per heavy atom. The fourth-order valence-electron chi connectivity index (χ4n) is 2.41. The minimum Gasteiger partial charge on any atom is -0.383 e. The zero-order valence-corrected chi connectivity index (χ0v) is 13.7. The van der Waals surface area contributed by atoms with Gasteiger partial charge in [0, 0.05) is 16.7 Å². The number of nitrogen functional groups attached to an aromatic ring is 1. The Labute approximate surface area is 148 Å². The van der Waals surface area contributed by atoms with Crippen LogP contribution in [0.15, 0.2) is 48.5 Å². The molecule has 1 heterocycles. The number of anilines is 1. The second-order valence-electron chi connectivity index (χ2n) is 5.01. The van der Waals surface area contributed by atoms with Crippen molar-refractivity contribution < 1.29 is 4.39 Å². The van der Waals surface area contributed by atoms with E-state index in [2.05, 4.69) is 4.98 Å². The zero-order chi connectivity index (χ0) is 17.3. The number of halogens is 3. The van der Waals surface area contributed by atoms with Crippen LogP contribution >= 0.6 is 23.2 Å². The van der Waals surface area contributed by atoms with Gasteiger partial charge < -0.3 is 5.73 Å². The van der Waals surface area contributed by atoms with Crippen molar-refractivity contribution in [2.24, 2.45) is 0 Å². The second kappa shape index (κ2) is 6.48. The molecule has 0 aliphatic carbocycles. The molecule has 118 valence electrons. The summed E-state index contributed by atoms with van der Waals surface area (Å²) in [4.78, 5) is 4.15. The summed E-state index contributed by atoms with van der Waals surface area (Å²) in [5.41, 5.74) is 7.67. The molecular weight excluding hydrogens is 348 g/mol. The highest BCUT2D eigenvalue weighted by Crippen LogP contribution is 2.38. The molecule has 3 rings (SSSR count). The fourth-order valence-corrected chi connectivity index (χ4v) is 2.82. The summed E-state index contributed by atoms with van der Waals surface area (Å²) in [6, 6.07) is 14.9. The van der Waals surface area contributed by atoms with Gasteiger partial charge in [0.15, 0.2) is 0 Å². The molecule has 0 amide bonds. The Morgan fingerprint density at radius 2 is 1.71 bits per heavy atom. The van der Waals surface area contributed by atoms with E-state index in [1.54, 1.807) is 42.5 Å². The summed E-state index contributed by atoms with van der Waals surface area (Å²) >= 11 is 12.3. The van der Waals surface area contributed by atoms with Crippen molar-refractivity contribution in [1.29, 1.82) is 5.26 Å². The largest absolute Gasteiger partial charge is 0.383 e. The van der Waals surface area contributed by atoms with Gasteiger partial charge in [-0.2, -0.15) is 5.26 Å². The van der Waals surface area contributed by atoms with E-state index < -0.39 is 5.82 Å². The predicted octanol–water partition coefficient (Wildman–Crippen LogP) is 5.32. The van der Waals surface area contributed by atoms with Crippen molar-refractivity contribution in [3.05, 3.63) is 70.0 Å². The first-order valence-corrected chi connectivity index (χ1v) is 7.68. The van der Waals surface area contributed by atoms with Gasteiger partial charge in [-0.25, -0.2) is 9.37 Å². The second-order valence-corrected chi connectivity index (χ2v) is 5.79. The maximum absolute atomic E-state index is 14.1. The van der Waals surface area contributed by atoms with Crippen LogP contribution in [-0.4, -0.2) is 4.98 Å². The molecule has 0 atom stereocenters. The topological polar surface area (TPSA) is 62.7 Å². The molecule has 0 radical (unpaired) electrons. The zero-order valence-electron chi connectivity index (χ0n) is 12.2. The number of hydrogen-bond donors (Lipinski definition) is 1. The van der Waals surface area contributed by atoms with Gasteiger partial charge >= 0.3 is 0 Å². The van der Waals surface area contributed by atoms with Gasteiger partial charge in [0.1, 0.15) is 23.3 Å².